The van der Waals surface area contributed by atoms with Gasteiger partial charge in [0.25, 0.3) is 0 Å². The number of nitrogens with zero attached hydrogens (tertiary/aromatic N) is 2. The standard InChI is InChI=1S/C28H23FN2O/c29-21-11-9-19(10-12-21)25-14-13-23-22-7-4-8-24(27(22)32-28(23)31-25)26-17-20(15-16-30-26)18-5-2-1-3-6-18/h4,7-18H,1-3,5-6H2/i9D,10D,11D,12D,18D. The van der Waals surface area contributed by atoms with Crippen LogP contribution >= 0.6 is 0 Å². The Morgan fingerprint density at radius 2 is 1.78 bits per heavy atom. The lowest BCUT2D eigenvalue weighted by atomic mass is 9.84. The van der Waals surface area contributed by atoms with E-state index in [-0.39, 0.29) is 17.0 Å². The third kappa shape index (κ3) is 3.36. The van der Waals surface area contributed by atoms with Crippen LogP contribution in [0.25, 0.3) is 44.6 Å². The minimum Gasteiger partial charge on any atom is -0.437 e. The minimum atomic E-state index is -1.19. The molecule has 158 valence electrons. The maximum Gasteiger partial charge on any atom is 0.227 e. The quantitative estimate of drug-likeness (QED) is 0.294. The number of fused-ring (bicyclic) bond motifs is 3. The fraction of sp³-hybridized carbons (Fsp3) is 0.214. The lowest BCUT2D eigenvalue weighted by molar-refractivity contribution is 0.443. The van der Waals surface area contributed by atoms with Crippen molar-refractivity contribution in [3.8, 4) is 22.5 Å². The van der Waals surface area contributed by atoms with Crippen LogP contribution < -0.4 is 0 Å². The predicted octanol–water partition coefficient (Wildman–Crippen LogP) is 7.90. The van der Waals surface area contributed by atoms with Crippen molar-refractivity contribution in [3.05, 3.63) is 84.2 Å². The van der Waals surface area contributed by atoms with Gasteiger partial charge in [-0.15, -0.1) is 0 Å². The van der Waals surface area contributed by atoms with Gasteiger partial charge < -0.3 is 4.42 Å². The van der Waals surface area contributed by atoms with E-state index >= 15 is 0 Å². The fourth-order valence-corrected chi connectivity index (χ4v) is 4.51. The first-order chi connectivity index (χ1) is 17.8. The van der Waals surface area contributed by atoms with Gasteiger partial charge in [0, 0.05) is 29.5 Å². The van der Waals surface area contributed by atoms with Crippen molar-refractivity contribution in [1.29, 1.82) is 0 Å². The van der Waals surface area contributed by atoms with E-state index in [0.717, 1.165) is 47.6 Å². The van der Waals surface area contributed by atoms with E-state index in [4.69, 9.17) is 11.3 Å². The normalized spacial score (nSPS) is 18.1. The van der Waals surface area contributed by atoms with Crippen molar-refractivity contribution >= 4 is 22.1 Å². The number of pyridine rings is 2. The second-order valence-corrected chi connectivity index (χ2v) is 8.12. The van der Waals surface area contributed by atoms with Crippen molar-refractivity contribution in [2.45, 2.75) is 38.0 Å². The number of para-hydroxylation sites is 1. The molecule has 1 fully saturated rings. The molecule has 6 rings (SSSR count). The molecule has 0 amide bonds. The maximum atomic E-state index is 14.0. The Balaban J connectivity index is 1.50. The third-order valence-corrected chi connectivity index (χ3v) is 6.12. The zero-order chi connectivity index (χ0) is 25.9. The number of aromatic nitrogens is 2. The fourth-order valence-electron chi connectivity index (χ4n) is 4.51. The van der Waals surface area contributed by atoms with Gasteiger partial charge in [-0.3, -0.25) is 4.98 Å². The number of hydrogen-bond donors (Lipinski definition) is 0. The Kier molecular flexibility index (Phi) is 3.57. The Labute approximate surface area is 193 Å². The van der Waals surface area contributed by atoms with Crippen LogP contribution in [-0.2, 0) is 0 Å². The van der Waals surface area contributed by atoms with Crippen LogP contribution in [-0.4, -0.2) is 9.97 Å². The van der Waals surface area contributed by atoms with Crippen molar-refractivity contribution in [2.24, 2.45) is 0 Å². The largest absolute Gasteiger partial charge is 0.437 e. The minimum absolute atomic E-state index is 0.0819. The van der Waals surface area contributed by atoms with E-state index < -0.39 is 35.9 Å². The number of rotatable bonds is 3. The summed E-state index contributed by atoms with van der Waals surface area (Å²) < 4.78 is 61.2. The number of furan rings is 1. The highest BCUT2D eigenvalue weighted by Gasteiger charge is 2.18. The molecule has 4 heteroatoms. The molecule has 5 aromatic rings. The zero-order valence-corrected chi connectivity index (χ0v) is 17.3. The van der Waals surface area contributed by atoms with Crippen LogP contribution in [0.1, 0.15) is 50.4 Å². The van der Waals surface area contributed by atoms with E-state index in [1.807, 2.05) is 30.3 Å². The van der Waals surface area contributed by atoms with Crippen molar-refractivity contribution in [1.82, 2.24) is 9.97 Å². The first kappa shape index (κ1) is 14.5. The molecule has 0 spiro atoms. The lowest BCUT2D eigenvalue weighted by Gasteiger charge is -2.22. The molecule has 3 nitrogen and oxygen atoms in total. The van der Waals surface area contributed by atoms with Gasteiger partial charge in [0.05, 0.1) is 16.9 Å². The number of halogens is 1. The molecule has 0 N–H and O–H groups in total. The smallest absolute Gasteiger partial charge is 0.227 e. The molecule has 1 aliphatic rings. The van der Waals surface area contributed by atoms with Crippen molar-refractivity contribution < 1.29 is 15.7 Å². The van der Waals surface area contributed by atoms with Crippen molar-refractivity contribution in [3.63, 3.8) is 0 Å². The predicted molar refractivity (Wildman–Crippen MR) is 126 cm³/mol. The Hall–Kier alpha value is -3.53. The first-order valence-electron chi connectivity index (χ1n) is 13.3. The molecule has 0 bridgehead atoms. The maximum absolute atomic E-state index is 14.0. The molecule has 3 aromatic heterocycles. The van der Waals surface area contributed by atoms with Gasteiger partial charge in [0.1, 0.15) is 11.4 Å². The summed E-state index contributed by atoms with van der Waals surface area (Å²) >= 11 is 0. The van der Waals surface area contributed by atoms with Gasteiger partial charge in [-0.05, 0) is 78.8 Å². The zero-order valence-electron chi connectivity index (χ0n) is 22.3. The second-order valence-electron chi connectivity index (χ2n) is 8.12. The molecule has 0 atom stereocenters. The summed E-state index contributed by atoms with van der Waals surface area (Å²) in [5.74, 6) is -1.80. The average molecular weight is 428 g/mol. The summed E-state index contributed by atoms with van der Waals surface area (Å²) in [7, 11) is 0. The molecule has 0 radical (unpaired) electrons. The highest BCUT2D eigenvalue weighted by Crippen LogP contribution is 2.38. The molecular weight excluding hydrogens is 399 g/mol. The highest BCUT2D eigenvalue weighted by molar-refractivity contribution is 6.08. The summed E-state index contributed by atoms with van der Waals surface area (Å²) in [6, 6.07) is 10.5. The molecule has 2 aromatic carbocycles. The second kappa shape index (κ2) is 7.86. The van der Waals surface area contributed by atoms with Gasteiger partial charge in [-0.25, -0.2) is 9.37 Å². The van der Waals surface area contributed by atoms with Gasteiger partial charge in [-0.1, -0.05) is 31.4 Å². The summed E-state index contributed by atoms with van der Waals surface area (Å²) in [6.07, 6.45) is 6.66. The molecule has 1 aliphatic carbocycles. The average Bonchev–Trinajstić information content (AvgIpc) is 3.29. The molecular formula is C28H23FN2O. The van der Waals surface area contributed by atoms with Crippen LogP contribution in [0.4, 0.5) is 4.39 Å². The molecule has 3 heterocycles. The van der Waals surface area contributed by atoms with Gasteiger partial charge >= 0.3 is 0 Å². The number of benzene rings is 2. The van der Waals surface area contributed by atoms with E-state index in [2.05, 4.69) is 9.97 Å². The topological polar surface area (TPSA) is 38.9 Å². The van der Waals surface area contributed by atoms with Crippen LogP contribution in [0.3, 0.4) is 0 Å². The van der Waals surface area contributed by atoms with E-state index in [1.165, 1.54) is 6.42 Å². The van der Waals surface area contributed by atoms with Gasteiger partial charge in [0.2, 0.25) is 5.71 Å². The highest BCUT2D eigenvalue weighted by atomic mass is 19.1. The Bertz CT molecular complexity index is 1660. The van der Waals surface area contributed by atoms with Gasteiger partial charge in [0.15, 0.2) is 0 Å². The molecule has 0 aliphatic heterocycles. The monoisotopic (exact) mass is 427 g/mol. The summed E-state index contributed by atoms with van der Waals surface area (Å²) in [4.78, 5) is 9.09. The summed E-state index contributed by atoms with van der Waals surface area (Å²) in [5, 5.41) is 1.54. The Morgan fingerprint density at radius 3 is 2.62 bits per heavy atom. The van der Waals surface area contributed by atoms with Crippen LogP contribution in [0.15, 0.2) is 77.2 Å². The van der Waals surface area contributed by atoms with Gasteiger partial charge in [-0.2, -0.15) is 0 Å². The molecule has 0 saturated heterocycles. The van der Waals surface area contributed by atoms with E-state index in [9.17, 15) is 4.39 Å². The van der Waals surface area contributed by atoms with E-state index in [0.29, 0.717) is 11.3 Å². The molecule has 0 unspecified atom stereocenters. The van der Waals surface area contributed by atoms with Crippen molar-refractivity contribution in [2.75, 3.05) is 0 Å². The lowest BCUT2D eigenvalue weighted by Crippen LogP contribution is -2.04. The molecule has 32 heavy (non-hydrogen) atoms. The number of hydrogen-bond acceptors (Lipinski definition) is 3. The molecule has 1 saturated carbocycles. The summed E-state index contributed by atoms with van der Waals surface area (Å²) in [5.41, 5.74) is 3.35. The van der Waals surface area contributed by atoms with Crippen LogP contribution in [0.2, 0.25) is 0 Å². The van der Waals surface area contributed by atoms with E-state index in [1.54, 1.807) is 18.3 Å². The van der Waals surface area contributed by atoms with Crippen LogP contribution in [0.5, 0.6) is 0 Å². The first-order valence-corrected chi connectivity index (χ1v) is 10.8. The third-order valence-electron chi connectivity index (χ3n) is 6.12. The summed E-state index contributed by atoms with van der Waals surface area (Å²) in [6.45, 7) is 0. The van der Waals surface area contributed by atoms with Crippen LogP contribution in [0, 0.1) is 5.82 Å². The Morgan fingerprint density at radius 1 is 0.938 bits per heavy atom. The SMILES string of the molecule is [2H]c1c([2H])c(-c2ccc3c(n2)oc2c(-c4cc(C5([2H])CCCCC5)ccn4)cccc23)c([2H])c([2H])c1F.